The van der Waals surface area contributed by atoms with Crippen LogP contribution in [0.4, 0.5) is 0 Å². The van der Waals surface area contributed by atoms with Gasteiger partial charge in [0.1, 0.15) is 23.3 Å². The Hall–Kier alpha value is 0.320. The van der Waals surface area contributed by atoms with Gasteiger partial charge in [0.15, 0.2) is 0 Å². The minimum absolute atomic E-state index is 0.277. The Morgan fingerprint density at radius 2 is 1.90 bits per heavy atom. The highest BCUT2D eigenvalue weighted by Gasteiger charge is 2.40. The van der Waals surface area contributed by atoms with Crippen molar-refractivity contribution in [3.05, 3.63) is 0 Å². The standard InChI is InChI=1S/C5H9BrO4/c6-5-4(9)3(8)2(1-7)10-5/h2-5,7-9H,1H2/t2-,3-,4-,5-/m1/s1. The van der Waals surface area contributed by atoms with E-state index < -0.39 is 23.3 Å². The zero-order valence-corrected chi connectivity index (χ0v) is 6.73. The van der Waals surface area contributed by atoms with E-state index in [2.05, 4.69) is 15.9 Å². The molecule has 0 bridgehead atoms. The van der Waals surface area contributed by atoms with Crippen LogP contribution in [0.25, 0.3) is 0 Å². The second-order valence-corrected chi connectivity index (χ2v) is 3.09. The average Bonchev–Trinajstić information content (AvgIpc) is 2.17. The number of rotatable bonds is 1. The molecule has 1 aliphatic rings. The Balaban J connectivity index is 2.53. The summed E-state index contributed by atoms with van der Waals surface area (Å²) in [4.78, 5) is 0. The zero-order valence-electron chi connectivity index (χ0n) is 5.14. The molecule has 60 valence electrons. The molecule has 4 nitrogen and oxygen atoms in total. The van der Waals surface area contributed by atoms with E-state index in [9.17, 15) is 0 Å². The van der Waals surface area contributed by atoms with Crippen molar-refractivity contribution >= 4 is 15.9 Å². The van der Waals surface area contributed by atoms with Crippen molar-refractivity contribution in [2.24, 2.45) is 0 Å². The van der Waals surface area contributed by atoms with Gasteiger partial charge in [0.05, 0.1) is 6.61 Å². The minimum atomic E-state index is -0.991. The molecule has 0 aromatic carbocycles. The van der Waals surface area contributed by atoms with Gasteiger partial charge in [-0.2, -0.15) is 0 Å². The lowest BCUT2D eigenvalue weighted by molar-refractivity contribution is -0.00760. The summed E-state index contributed by atoms with van der Waals surface area (Å²) >= 11 is 2.98. The lowest BCUT2D eigenvalue weighted by atomic mass is 10.2. The van der Waals surface area contributed by atoms with Gasteiger partial charge >= 0.3 is 0 Å². The molecule has 1 aliphatic heterocycles. The predicted octanol–water partition coefficient (Wildman–Crippen LogP) is -1.18. The van der Waals surface area contributed by atoms with Crippen LogP contribution < -0.4 is 0 Å². The maximum atomic E-state index is 9.06. The van der Waals surface area contributed by atoms with E-state index in [0.29, 0.717) is 0 Å². The second-order valence-electron chi connectivity index (χ2n) is 2.19. The lowest BCUT2D eigenvalue weighted by Gasteiger charge is -2.09. The van der Waals surface area contributed by atoms with Gasteiger partial charge in [0, 0.05) is 0 Å². The molecule has 1 heterocycles. The number of aliphatic hydroxyl groups is 3. The fourth-order valence-corrected chi connectivity index (χ4v) is 1.44. The van der Waals surface area contributed by atoms with E-state index in [1.807, 2.05) is 0 Å². The summed E-state index contributed by atoms with van der Waals surface area (Å²) in [6.07, 6.45) is -2.61. The molecule has 0 spiro atoms. The van der Waals surface area contributed by atoms with Crippen LogP contribution in [-0.2, 0) is 4.74 Å². The first-order valence-electron chi connectivity index (χ1n) is 2.93. The molecule has 1 rings (SSSR count). The molecule has 5 heteroatoms. The molecule has 4 atom stereocenters. The number of ether oxygens (including phenoxy) is 1. The maximum Gasteiger partial charge on any atom is 0.141 e. The summed E-state index contributed by atoms with van der Waals surface area (Å²) in [6.45, 7) is -0.277. The molecule has 1 fully saturated rings. The summed E-state index contributed by atoms with van der Waals surface area (Å²) < 4.78 is 4.90. The van der Waals surface area contributed by atoms with Gasteiger partial charge in [-0.1, -0.05) is 15.9 Å². The predicted molar refractivity (Wildman–Crippen MR) is 36.7 cm³/mol. The molecule has 0 radical (unpaired) electrons. The van der Waals surface area contributed by atoms with Crippen LogP contribution in [0, 0.1) is 0 Å². The Bertz CT molecular complexity index is 120. The van der Waals surface area contributed by atoms with Crippen LogP contribution in [0.15, 0.2) is 0 Å². The lowest BCUT2D eigenvalue weighted by Crippen LogP contribution is -2.32. The summed E-state index contributed by atoms with van der Waals surface area (Å²) in [5.74, 6) is 0. The van der Waals surface area contributed by atoms with E-state index in [-0.39, 0.29) is 6.61 Å². The number of halogens is 1. The molecule has 0 saturated carbocycles. The van der Waals surface area contributed by atoms with E-state index in [1.165, 1.54) is 0 Å². The molecule has 3 N–H and O–H groups in total. The van der Waals surface area contributed by atoms with Gasteiger partial charge in [0.2, 0.25) is 0 Å². The third kappa shape index (κ3) is 1.33. The van der Waals surface area contributed by atoms with Crippen LogP contribution in [0.5, 0.6) is 0 Å². The third-order valence-corrected chi connectivity index (χ3v) is 2.24. The van der Waals surface area contributed by atoms with Gasteiger partial charge in [-0.05, 0) is 0 Å². The first-order valence-corrected chi connectivity index (χ1v) is 3.85. The number of hydrogen-bond donors (Lipinski definition) is 3. The van der Waals surface area contributed by atoms with Crippen LogP contribution in [0.1, 0.15) is 0 Å². The summed E-state index contributed by atoms with van der Waals surface area (Å²) in [5.41, 5.74) is 0. The smallest absolute Gasteiger partial charge is 0.141 e. The Morgan fingerprint density at radius 3 is 2.10 bits per heavy atom. The fraction of sp³-hybridized carbons (Fsp3) is 1.00. The van der Waals surface area contributed by atoms with Gasteiger partial charge in [-0.3, -0.25) is 0 Å². The molecule has 1 saturated heterocycles. The molecular formula is C5H9BrO4. The monoisotopic (exact) mass is 212 g/mol. The molecule has 0 aromatic rings. The van der Waals surface area contributed by atoms with Crippen LogP contribution in [0.2, 0.25) is 0 Å². The molecule has 0 aliphatic carbocycles. The molecular weight excluding hydrogens is 204 g/mol. The van der Waals surface area contributed by atoms with Crippen LogP contribution >= 0.6 is 15.9 Å². The van der Waals surface area contributed by atoms with Crippen LogP contribution in [0.3, 0.4) is 0 Å². The maximum absolute atomic E-state index is 9.06. The quantitative estimate of drug-likeness (QED) is 0.479. The van der Waals surface area contributed by atoms with Crippen molar-refractivity contribution in [3.63, 3.8) is 0 Å². The summed E-state index contributed by atoms with van der Waals surface area (Å²) in [7, 11) is 0. The molecule has 0 amide bonds. The normalized spacial score (nSPS) is 48.0. The van der Waals surface area contributed by atoms with Gasteiger partial charge in [-0.25, -0.2) is 0 Å². The third-order valence-electron chi connectivity index (χ3n) is 1.48. The highest BCUT2D eigenvalue weighted by Crippen LogP contribution is 2.24. The van der Waals surface area contributed by atoms with Crippen molar-refractivity contribution in [1.82, 2.24) is 0 Å². The number of aliphatic hydroxyl groups excluding tert-OH is 3. The number of hydrogen-bond acceptors (Lipinski definition) is 4. The molecule has 0 unspecified atom stereocenters. The minimum Gasteiger partial charge on any atom is -0.394 e. The van der Waals surface area contributed by atoms with Crippen molar-refractivity contribution in [2.75, 3.05) is 6.61 Å². The van der Waals surface area contributed by atoms with Crippen molar-refractivity contribution in [3.8, 4) is 0 Å². The molecule has 0 aromatic heterocycles. The second kappa shape index (κ2) is 3.15. The van der Waals surface area contributed by atoms with Gasteiger partial charge in [-0.15, -0.1) is 0 Å². The topological polar surface area (TPSA) is 69.9 Å². The summed E-state index contributed by atoms with van der Waals surface area (Å²) in [5, 5.41) is 26.1. The van der Waals surface area contributed by atoms with E-state index in [0.717, 1.165) is 0 Å². The highest BCUT2D eigenvalue weighted by atomic mass is 79.9. The SMILES string of the molecule is OC[C@H]1O[C@@H](Br)[C@H](O)[C@@H]1O. The first-order chi connectivity index (χ1) is 4.66. The van der Waals surface area contributed by atoms with Crippen molar-refractivity contribution in [2.45, 2.75) is 23.3 Å². The Kier molecular flexibility index (Phi) is 2.65. The van der Waals surface area contributed by atoms with E-state index >= 15 is 0 Å². The largest absolute Gasteiger partial charge is 0.394 e. The van der Waals surface area contributed by atoms with E-state index in [4.69, 9.17) is 20.1 Å². The van der Waals surface area contributed by atoms with Crippen molar-refractivity contribution in [1.29, 1.82) is 0 Å². The zero-order chi connectivity index (χ0) is 7.72. The Morgan fingerprint density at radius 1 is 1.30 bits per heavy atom. The Labute approximate surface area is 66.6 Å². The average molecular weight is 213 g/mol. The first kappa shape index (κ1) is 8.42. The fourth-order valence-electron chi connectivity index (χ4n) is 0.854. The summed E-state index contributed by atoms with van der Waals surface area (Å²) in [6, 6.07) is 0. The van der Waals surface area contributed by atoms with Crippen molar-refractivity contribution < 1.29 is 20.1 Å². The van der Waals surface area contributed by atoms with Crippen LogP contribution in [-0.4, -0.2) is 45.3 Å². The van der Waals surface area contributed by atoms with E-state index in [1.54, 1.807) is 0 Å². The molecule has 10 heavy (non-hydrogen) atoms. The van der Waals surface area contributed by atoms with Gasteiger partial charge < -0.3 is 20.1 Å². The highest BCUT2D eigenvalue weighted by molar-refractivity contribution is 9.09. The number of alkyl halides is 1. The van der Waals surface area contributed by atoms with Gasteiger partial charge in [0.25, 0.3) is 0 Å².